The van der Waals surface area contributed by atoms with Crippen molar-refractivity contribution in [3.8, 4) is 23.5 Å². The maximum atomic E-state index is 12.2. The fourth-order valence-electron chi connectivity index (χ4n) is 3.46. The molecule has 1 aliphatic rings. The summed E-state index contributed by atoms with van der Waals surface area (Å²) in [5, 5.41) is 3.10. The van der Waals surface area contributed by atoms with E-state index in [0.717, 1.165) is 0 Å². The second-order valence-electron chi connectivity index (χ2n) is 6.29. The van der Waals surface area contributed by atoms with Gasteiger partial charge in [-0.05, 0) is 40.5 Å². The highest BCUT2D eigenvalue weighted by atomic mass is 35.5. The van der Waals surface area contributed by atoms with Crippen molar-refractivity contribution in [2.75, 3.05) is 11.9 Å². The molecule has 1 aliphatic carbocycles. The van der Waals surface area contributed by atoms with Crippen LogP contribution in [0.4, 0.5) is 10.5 Å². The topological polar surface area (TPSA) is 38.3 Å². The van der Waals surface area contributed by atoms with E-state index in [2.05, 4.69) is 35.5 Å². The Kier molecular flexibility index (Phi) is 4.58. The van der Waals surface area contributed by atoms with Crippen LogP contribution in [0.5, 0.6) is 0 Å². The second-order valence-corrected chi connectivity index (χ2v) is 6.70. The van der Waals surface area contributed by atoms with E-state index in [1.807, 2.05) is 24.3 Å². The van der Waals surface area contributed by atoms with Gasteiger partial charge in [0.2, 0.25) is 0 Å². The average molecular weight is 374 g/mol. The molecule has 1 amide bonds. The van der Waals surface area contributed by atoms with Crippen LogP contribution in [-0.4, -0.2) is 12.7 Å². The molecule has 0 bridgehead atoms. The van der Waals surface area contributed by atoms with E-state index >= 15 is 0 Å². The number of carbonyl (C=O) groups excluding carboxylic acids is 1. The Hall–Kier alpha value is -3.22. The number of amides is 1. The molecular formula is C23H16ClNO2. The molecule has 0 fully saturated rings. The molecule has 0 saturated carbocycles. The van der Waals surface area contributed by atoms with Gasteiger partial charge in [0, 0.05) is 17.2 Å². The molecule has 0 spiro atoms. The number of fused-ring (bicyclic) bond motifs is 3. The number of rotatable bonds is 3. The van der Waals surface area contributed by atoms with Gasteiger partial charge in [-0.2, -0.15) is 0 Å². The molecule has 3 aromatic carbocycles. The Bertz CT molecular complexity index is 1020. The monoisotopic (exact) mass is 373 g/mol. The summed E-state index contributed by atoms with van der Waals surface area (Å²) in [4.78, 5) is 12.2. The fraction of sp³-hybridized carbons (Fsp3) is 0.0870. The third kappa shape index (κ3) is 3.28. The summed E-state index contributed by atoms with van der Waals surface area (Å²) in [7, 11) is 0. The minimum Gasteiger partial charge on any atom is -0.448 e. The van der Waals surface area contributed by atoms with Gasteiger partial charge in [-0.15, -0.1) is 6.42 Å². The molecule has 3 aromatic rings. The molecule has 3 nitrogen and oxygen atoms in total. The van der Waals surface area contributed by atoms with Gasteiger partial charge in [0.1, 0.15) is 6.61 Å². The van der Waals surface area contributed by atoms with Crippen LogP contribution < -0.4 is 5.32 Å². The third-order valence-electron chi connectivity index (χ3n) is 4.71. The summed E-state index contributed by atoms with van der Waals surface area (Å²) in [5.74, 6) is 2.50. The molecule has 1 N–H and O–H groups in total. The van der Waals surface area contributed by atoms with Gasteiger partial charge < -0.3 is 4.74 Å². The van der Waals surface area contributed by atoms with Gasteiger partial charge in [-0.25, -0.2) is 4.79 Å². The van der Waals surface area contributed by atoms with Crippen molar-refractivity contribution < 1.29 is 9.53 Å². The van der Waals surface area contributed by atoms with Crippen molar-refractivity contribution in [2.45, 2.75) is 5.92 Å². The van der Waals surface area contributed by atoms with Gasteiger partial charge in [-0.3, -0.25) is 5.32 Å². The van der Waals surface area contributed by atoms with Crippen LogP contribution in [0.1, 0.15) is 22.6 Å². The maximum Gasteiger partial charge on any atom is 0.411 e. The number of terminal acetylenes is 1. The fourth-order valence-corrected chi connectivity index (χ4v) is 3.70. The predicted octanol–water partition coefficient (Wildman–Crippen LogP) is 5.68. The van der Waals surface area contributed by atoms with Crippen molar-refractivity contribution in [3.63, 3.8) is 0 Å². The van der Waals surface area contributed by atoms with Gasteiger partial charge >= 0.3 is 6.09 Å². The Morgan fingerprint density at radius 3 is 2.26 bits per heavy atom. The normalized spacial score (nSPS) is 12.0. The molecule has 0 radical (unpaired) electrons. The van der Waals surface area contributed by atoms with Crippen LogP contribution in [-0.2, 0) is 4.74 Å². The number of anilines is 1. The Morgan fingerprint density at radius 1 is 1.04 bits per heavy atom. The van der Waals surface area contributed by atoms with Crippen LogP contribution >= 0.6 is 11.6 Å². The van der Waals surface area contributed by atoms with E-state index in [4.69, 9.17) is 22.8 Å². The van der Waals surface area contributed by atoms with E-state index in [1.54, 1.807) is 18.2 Å². The molecule has 4 heteroatoms. The Labute approximate surface area is 162 Å². The molecule has 0 aliphatic heterocycles. The summed E-state index contributed by atoms with van der Waals surface area (Å²) in [6.45, 7) is 0.260. The summed E-state index contributed by atoms with van der Waals surface area (Å²) in [5.41, 5.74) is 5.85. The van der Waals surface area contributed by atoms with Gasteiger partial charge in [0.25, 0.3) is 0 Å². The van der Waals surface area contributed by atoms with Gasteiger partial charge in [0.05, 0.1) is 5.02 Å². The molecule has 132 valence electrons. The average Bonchev–Trinajstić information content (AvgIpc) is 3.00. The molecule has 0 atom stereocenters. The first-order valence-corrected chi connectivity index (χ1v) is 8.93. The summed E-state index contributed by atoms with van der Waals surface area (Å²) in [6, 6.07) is 21.4. The first kappa shape index (κ1) is 17.2. The van der Waals surface area contributed by atoms with E-state index < -0.39 is 6.09 Å². The maximum absolute atomic E-state index is 12.2. The largest absolute Gasteiger partial charge is 0.448 e. The van der Waals surface area contributed by atoms with E-state index in [-0.39, 0.29) is 12.5 Å². The zero-order valence-electron chi connectivity index (χ0n) is 14.4. The van der Waals surface area contributed by atoms with Crippen LogP contribution in [0.25, 0.3) is 11.1 Å². The van der Waals surface area contributed by atoms with Crippen molar-refractivity contribution >= 4 is 23.4 Å². The van der Waals surface area contributed by atoms with Gasteiger partial charge in [-0.1, -0.05) is 66.1 Å². The lowest BCUT2D eigenvalue weighted by Gasteiger charge is -2.14. The molecule has 0 saturated heterocycles. The van der Waals surface area contributed by atoms with E-state index in [1.165, 1.54) is 22.3 Å². The number of benzene rings is 3. The lowest BCUT2D eigenvalue weighted by Crippen LogP contribution is -2.17. The number of hydrogen-bond acceptors (Lipinski definition) is 2. The summed E-state index contributed by atoms with van der Waals surface area (Å²) < 4.78 is 5.51. The third-order valence-corrected chi connectivity index (χ3v) is 5.03. The number of hydrogen-bond donors (Lipinski definition) is 1. The number of nitrogens with one attached hydrogen (secondary N) is 1. The minimum absolute atomic E-state index is 0.0237. The van der Waals surface area contributed by atoms with Crippen molar-refractivity contribution in [1.29, 1.82) is 0 Å². The minimum atomic E-state index is -0.526. The van der Waals surface area contributed by atoms with Crippen LogP contribution in [0.2, 0.25) is 5.02 Å². The van der Waals surface area contributed by atoms with Gasteiger partial charge in [0.15, 0.2) is 0 Å². The summed E-state index contributed by atoms with van der Waals surface area (Å²) >= 11 is 6.07. The summed E-state index contributed by atoms with van der Waals surface area (Å²) in [6.07, 6.45) is 4.82. The van der Waals surface area contributed by atoms with Crippen LogP contribution in [0, 0.1) is 12.3 Å². The van der Waals surface area contributed by atoms with E-state index in [0.29, 0.717) is 16.3 Å². The van der Waals surface area contributed by atoms with Crippen molar-refractivity contribution in [2.24, 2.45) is 0 Å². The molecule has 4 rings (SSSR count). The number of carbonyl (C=O) groups is 1. The SMILES string of the molecule is C#Cc1ccc(NC(=O)OCC2c3ccccc3-c3ccccc32)cc1Cl. The Morgan fingerprint density at radius 2 is 1.67 bits per heavy atom. The smallest absolute Gasteiger partial charge is 0.411 e. The zero-order valence-corrected chi connectivity index (χ0v) is 15.2. The molecule has 0 heterocycles. The van der Waals surface area contributed by atoms with Crippen molar-refractivity contribution in [3.05, 3.63) is 88.4 Å². The second kappa shape index (κ2) is 7.19. The standard InChI is InChI=1S/C23H16ClNO2/c1-2-15-11-12-16(13-22(15)24)25-23(26)27-14-21-19-9-5-3-7-17(19)18-8-4-6-10-20(18)21/h1,3-13,21H,14H2,(H,25,26). The molecule has 0 aromatic heterocycles. The van der Waals surface area contributed by atoms with E-state index in [9.17, 15) is 4.79 Å². The van der Waals surface area contributed by atoms with Crippen LogP contribution in [0.15, 0.2) is 66.7 Å². The Balaban J connectivity index is 1.48. The first-order valence-electron chi connectivity index (χ1n) is 8.55. The predicted molar refractivity (Wildman–Crippen MR) is 108 cm³/mol. The van der Waals surface area contributed by atoms with Crippen molar-refractivity contribution in [1.82, 2.24) is 0 Å². The van der Waals surface area contributed by atoms with Crippen LogP contribution in [0.3, 0.4) is 0 Å². The molecular weight excluding hydrogens is 358 g/mol. The number of ether oxygens (including phenoxy) is 1. The lowest BCUT2D eigenvalue weighted by atomic mass is 9.98. The number of halogens is 1. The quantitative estimate of drug-likeness (QED) is 0.599. The molecule has 0 unspecified atom stereocenters. The highest BCUT2D eigenvalue weighted by Gasteiger charge is 2.28. The highest BCUT2D eigenvalue weighted by molar-refractivity contribution is 6.32. The lowest BCUT2D eigenvalue weighted by molar-refractivity contribution is 0.158. The highest BCUT2D eigenvalue weighted by Crippen LogP contribution is 2.44. The zero-order chi connectivity index (χ0) is 18.8. The first-order chi connectivity index (χ1) is 13.2. The molecule has 27 heavy (non-hydrogen) atoms.